The van der Waals surface area contributed by atoms with E-state index >= 15 is 0 Å². The van der Waals surface area contributed by atoms with Crippen LogP contribution in [0.5, 0.6) is 0 Å². The van der Waals surface area contributed by atoms with Crippen LogP contribution >= 0.6 is 11.3 Å². The van der Waals surface area contributed by atoms with Crippen molar-refractivity contribution in [2.24, 2.45) is 0 Å². The number of anilines is 2. The zero-order valence-corrected chi connectivity index (χ0v) is 15.7. The van der Waals surface area contributed by atoms with Gasteiger partial charge in [-0.2, -0.15) is 0 Å². The Bertz CT molecular complexity index is 888. The average molecular weight is 379 g/mol. The van der Waals surface area contributed by atoms with Gasteiger partial charge in [-0.1, -0.05) is 42.5 Å². The highest BCUT2D eigenvalue weighted by molar-refractivity contribution is 7.13. The van der Waals surface area contributed by atoms with Gasteiger partial charge in [0.1, 0.15) is 0 Å². The highest BCUT2D eigenvalue weighted by Gasteiger charge is 2.07. The highest BCUT2D eigenvalue weighted by atomic mass is 32.1. The first-order valence-corrected chi connectivity index (χ1v) is 9.61. The summed E-state index contributed by atoms with van der Waals surface area (Å²) in [4.78, 5) is 16.1. The molecular formula is C21H22N4OS. The van der Waals surface area contributed by atoms with Gasteiger partial charge in [-0.05, 0) is 42.0 Å². The Kier molecular flexibility index (Phi) is 6.60. The van der Waals surface area contributed by atoms with Crippen LogP contribution in [0, 0.1) is 0 Å². The van der Waals surface area contributed by atoms with Gasteiger partial charge in [0.2, 0.25) is 5.91 Å². The minimum absolute atomic E-state index is 0.0965. The molecule has 3 rings (SSSR count). The number of benzene rings is 2. The van der Waals surface area contributed by atoms with Crippen molar-refractivity contribution in [3.05, 3.63) is 83.0 Å². The molecule has 0 aliphatic carbocycles. The summed E-state index contributed by atoms with van der Waals surface area (Å²) < 4.78 is 0. The number of hydrogen-bond acceptors (Lipinski definition) is 5. The fourth-order valence-electron chi connectivity index (χ4n) is 2.55. The first-order valence-electron chi connectivity index (χ1n) is 8.73. The largest absolute Gasteiger partial charge is 0.391 e. The normalized spacial score (nSPS) is 10.8. The van der Waals surface area contributed by atoms with E-state index in [0.29, 0.717) is 10.8 Å². The number of amides is 1. The van der Waals surface area contributed by atoms with E-state index in [0.717, 1.165) is 18.7 Å². The van der Waals surface area contributed by atoms with Gasteiger partial charge in [-0.15, -0.1) is 11.3 Å². The van der Waals surface area contributed by atoms with Crippen LogP contribution in [-0.2, 0) is 17.6 Å². The number of nitrogens with one attached hydrogen (secondary N) is 2. The molecule has 1 heterocycles. The maximum Gasteiger partial charge on any atom is 0.230 e. The van der Waals surface area contributed by atoms with Crippen molar-refractivity contribution in [2.45, 2.75) is 12.8 Å². The second-order valence-corrected chi connectivity index (χ2v) is 6.94. The molecule has 0 aliphatic rings. The van der Waals surface area contributed by atoms with Crippen molar-refractivity contribution in [1.29, 1.82) is 0 Å². The van der Waals surface area contributed by atoms with E-state index in [9.17, 15) is 4.79 Å². The summed E-state index contributed by atoms with van der Waals surface area (Å²) in [5.41, 5.74) is 9.44. The summed E-state index contributed by atoms with van der Waals surface area (Å²) in [6.07, 6.45) is 5.16. The minimum Gasteiger partial charge on any atom is -0.391 e. The Morgan fingerprint density at radius 3 is 2.59 bits per heavy atom. The second-order valence-electron chi connectivity index (χ2n) is 6.05. The highest BCUT2D eigenvalue weighted by Crippen LogP contribution is 2.13. The van der Waals surface area contributed by atoms with Gasteiger partial charge in [0.05, 0.1) is 12.1 Å². The summed E-state index contributed by atoms with van der Waals surface area (Å²) in [6.45, 7) is 0.848. The third-order valence-electron chi connectivity index (χ3n) is 3.90. The van der Waals surface area contributed by atoms with E-state index < -0.39 is 0 Å². The van der Waals surface area contributed by atoms with E-state index in [1.54, 1.807) is 5.38 Å². The molecule has 0 aliphatic heterocycles. The summed E-state index contributed by atoms with van der Waals surface area (Å²) in [6, 6.07) is 18.1. The number of rotatable bonds is 8. The lowest BCUT2D eigenvalue weighted by Gasteiger charge is -2.06. The zero-order valence-electron chi connectivity index (χ0n) is 14.9. The molecule has 138 valence electrons. The fourth-order valence-corrected chi connectivity index (χ4v) is 3.11. The van der Waals surface area contributed by atoms with E-state index in [2.05, 4.69) is 33.8 Å². The summed E-state index contributed by atoms with van der Waals surface area (Å²) >= 11 is 1.34. The quantitative estimate of drug-likeness (QED) is 0.522. The molecule has 0 saturated heterocycles. The molecule has 0 radical (unpaired) electrons. The van der Waals surface area contributed by atoms with Gasteiger partial charge in [0.15, 0.2) is 5.13 Å². The number of aromatic nitrogens is 1. The maximum absolute atomic E-state index is 12.0. The van der Waals surface area contributed by atoms with Gasteiger partial charge in [-0.25, -0.2) is 4.98 Å². The van der Waals surface area contributed by atoms with Crippen LogP contribution in [-0.4, -0.2) is 17.4 Å². The van der Waals surface area contributed by atoms with Crippen LogP contribution < -0.4 is 16.4 Å². The van der Waals surface area contributed by atoms with Gasteiger partial charge in [-0.3, -0.25) is 4.79 Å². The van der Waals surface area contributed by atoms with E-state index in [1.165, 1.54) is 22.5 Å². The molecule has 5 nitrogen and oxygen atoms in total. The average Bonchev–Trinajstić information content (AvgIpc) is 3.08. The Hall–Kier alpha value is -3.12. The minimum atomic E-state index is -0.0965. The van der Waals surface area contributed by atoms with Crippen molar-refractivity contribution in [1.82, 2.24) is 10.3 Å². The summed E-state index contributed by atoms with van der Waals surface area (Å²) in [7, 11) is 0. The molecule has 0 fully saturated rings. The van der Waals surface area contributed by atoms with Crippen LogP contribution in [0.4, 0.5) is 10.8 Å². The molecule has 1 amide bonds. The fraction of sp³-hybridized carbons (Fsp3) is 0.143. The molecule has 4 N–H and O–H groups in total. The van der Waals surface area contributed by atoms with Crippen molar-refractivity contribution < 1.29 is 4.79 Å². The molecule has 0 bridgehead atoms. The molecule has 6 heteroatoms. The van der Waals surface area contributed by atoms with Crippen molar-refractivity contribution >= 4 is 34.1 Å². The summed E-state index contributed by atoms with van der Waals surface area (Å²) in [5, 5.41) is 8.46. The number of nitrogen functional groups attached to an aromatic ring is 1. The van der Waals surface area contributed by atoms with Gasteiger partial charge in [0, 0.05) is 17.6 Å². The smallest absolute Gasteiger partial charge is 0.230 e. The second kappa shape index (κ2) is 9.54. The lowest BCUT2D eigenvalue weighted by atomic mass is 10.1. The Balaban J connectivity index is 1.40. The van der Waals surface area contributed by atoms with E-state index in [4.69, 9.17) is 5.73 Å². The topological polar surface area (TPSA) is 80.0 Å². The molecule has 1 aromatic heterocycles. The van der Waals surface area contributed by atoms with Gasteiger partial charge >= 0.3 is 0 Å². The molecule has 3 aromatic rings. The van der Waals surface area contributed by atoms with Crippen LogP contribution in [0.3, 0.4) is 0 Å². The predicted octanol–water partition coefficient (Wildman–Crippen LogP) is 3.71. The number of carbonyl (C=O) groups is 1. The molecular weight excluding hydrogens is 356 g/mol. The Morgan fingerprint density at radius 1 is 1.11 bits per heavy atom. The third-order valence-corrected chi connectivity index (χ3v) is 4.62. The molecule has 0 unspecified atom stereocenters. The SMILES string of the molecule is Nc1nc(CC(=O)Nc2ccc(CCN/C=C/c3ccccc3)cc2)cs1. The number of nitrogens with zero attached hydrogens (tertiary/aromatic N) is 1. The lowest BCUT2D eigenvalue weighted by Crippen LogP contribution is -2.14. The number of hydrogen-bond donors (Lipinski definition) is 3. The Labute approximate surface area is 163 Å². The molecule has 0 atom stereocenters. The molecule has 0 saturated carbocycles. The first kappa shape index (κ1) is 18.7. The number of thiazole rings is 1. The van der Waals surface area contributed by atoms with Crippen LogP contribution in [0.1, 0.15) is 16.8 Å². The van der Waals surface area contributed by atoms with Crippen molar-refractivity contribution in [2.75, 3.05) is 17.6 Å². The third kappa shape index (κ3) is 6.27. The lowest BCUT2D eigenvalue weighted by molar-refractivity contribution is -0.115. The van der Waals surface area contributed by atoms with Gasteiger partial charge < -0.3 is 16.4 Å². The van der Waals surface area contributed by atoms with Crippen molar-refractivity contribution in [3.8, 4) is 0 Å². The maximum atomic E-state index is 12.0. The first-order chi connectivity index (χ1) is 13.2. The van der Waals surface area contributed by atoms with Crippen molar-refractivity contribution in [3.63, 3.8) is 0 Å². The zero-order chi connectivity index (χ0) is 18.9. The summed E-state index contributed by atoms with van der Waals surface area (Å²) in [5.74, 6) is -0.0965. The predicted molar refractivity (Wildman–Crippen MR) is 112 cm³/mol. The van der Waals surface area contributed by atoms with E-state index in [1.807, 2.05) is 48.7 Å². The Morgan fingerprint density at radius 2 is 1.89 bits per heavy atom. The van der Waals surface area contributed by atoms with Crippen LogP contribution in [0.15, 0.2) is 66.2 Å². The van der Waals surface area contributed by atoms with E-state index in [-0.39, 0.29) is 12.3 Å². The van der Waals surface area contributed by atoms with Crippen LogP contribution in [0.2, 0.25) is 0 Å². The molecule has 2 aromatic carbocycles. The monoisotopic (exact) mass is 378 g/mol. The van der Waals surface area contributed by atoms with Gasteiger partial charge in [0.25, 0.3) is 0 Å². The number of nitrogens with two attached hydrogens (primary N) is 1. The van der Waals surface area contributed by atoms with Crippen LogP contribution in [0.25, 0.3) is 6.08 Å². The molecule has 0 spiro atoms. The molecule has 27 heavy (non-hydrogen) atoms. The number of carbonyl (C=O) groups excluding carboxylic acids is 1. The standard InChI is InChI=1S/C21H22N4OS/c22-21-25-19(15-27-21)14-20(26)24-18-8-6-17(7-9-18)11-13-23-12-10-16-4-2-1-3-5-16/h1-10,12,15,23H,11,13-14H2,(H2,22,25)(H,24,26)/b12-10+.